The maximum atomic E-state index is 14.2. The van der Waals surface area contributed by atoms with Gasteiger partial charge in [0.25, 0.3) is 5.91 Å². The molecular weight excluding hydrogens is 877 g/mol. The van der Waals surface area contributed by atoms with Crippen molar-refractivity contribution in [3.05, 3.63) is 90.1 Å². The molecule has 0 aliphatic carbocycles. The maximum absolute atomic E-state index is 14.2. The summed E-state index contributed by atoms with van der Waals surface area (Å²) in [6.07, 6.45) is 1.13. The predicted octanol–water partition coefficient (Wildman–Crippen LogP) is 5.34. The Morgan fingerprint density at radius 3 is 1.60 bits per heavy atom. The number of hydrogen-bond donors (Lipinski definition) is 4. The summed E-state index contributed by atoms with van der Waals surface area (Å²) in [7, 11) is 2.87. The van der Waals surface area contributed by atoms with E-state index in [0.717, 1.165) is 22.4 Å². The largest absolute Gasteiger partial charge is 0.453 e. The summed E-state index contributed by atoms with van der Waals surface area (Å²) in [5, 5.41) is 10.4. The van der Waals surface area contributed by atoms with E-state index in [0.29, 0.717) is 92.0 Å². The molecule has 1 heterocycles. The minimum absolute atomic E-state index is 0.0277. The summed E-state index contributed by atoms with van der Waals surface area (Å²) in [5.41, 5.74) is 5.37. The van der Waals surface area contributed by atoms with Gasteiger partial charge in [0.1, 0.15) is 18.7 Å². The van der Waals surface area contributed by atoms with Crippen LogP contribution in [-0.2, 0) is 60.4 Å². The fourth-order valence-electron chi connectivity index (χ4n) is 6.65. The van der Waals surface area contributed by atoms with E-state index >= 15 is 0 Å². The average molecular weight is 953 g/mol. The second-order valence-electron chi connectivity index (χ2n) is 18.1. The van der Waals surface area contributed by atoms with Gasteiger partial charge in [-0.15, -0.1) is 0 Å². The van der Waals surface area contributed by atoms with Gasteiger partial charge in [0.2, 0.25) is 5.91 Å². The highest BCUT2D eigenvalue weighted by molar-refractivity contribution is 5.87. The molecule has 1 aromatic heterocycles. The smallest absolute Gasteiger partial charge is 0.407 e. The van der Waals surface area contributed by atoms with Crippen molar-refractivity contribution in [3.8, 4) is 11.3 Å². The molecule has 378 valence electrons. The Labute approximate surface area is 402 Å². The lowest BCUT2D eigenvalue weighted by Gasteiger charge is -2.34. The number of rotatable bonds is 32. The molecule has 0 saturated carbocycles. The zero-order chi connectivity index (χ0) is 49.6. The van der Waals surface area contributed by atoms with E-state index in [4.69, 9.17) is 37.9 Å². The molecule has 0 fully saturated rings. The summed E-state index contributed by atoms with van der Waals surface area (Å²) in [4.78, 5) is 58.0. The van der Waals surface area contributed by atoms with Gasteiger partial charge in [-0.1, -0.05) is 102 Å². The number of hydrazine groups is 1. The van der Waals surface area contributed by atoms with Gasteiger partial charge in [0.15, 0.2) is 0 Å². The van der Waals surface area contributed by atoms with Crippen LogP contribution in [0.4, 0.5) is 9.59 Å². The number of aromatic nitrogens is 1. The van der Waals surface area contributed by atoms with E-state index in [-0.39, 0.29) is 19.1 Å². The van der Waals surface area contributed by atoms with Crippen molar-refractivity contribution in [1.82, 2.24) is 31.4 Å². The van der Waals surface area contributed by atoms with Gasteiger partial charge in [-0.2, -0.15) is 0 Å². The van der Waals surface area contributed by atoms with Gasteiger partial charge in [0.05, 0.1) is 85.5 Å². The highest BCUT2D eigenvalue weighted by atomic mass is 16.6. The molecule has 3 rings (SSSR count). The van der Waals surface area contributed by atoms with Gasteiger partial charge in [-0.05, 0) is 46.9 Å². The van der Waals surface area contributed by atoms with Crippen LogP contribution in [0.15, 0.2) is 79.0 Å². The molecule has 0 aliphatic rings. The number of nitrogens with one attached hydrogen (secondary N) is 4. The van der Waals surface area contributed by atoms with Crippen molar-refractivity contribution >= 4 is 24.0 Å². The summed E-state index contributed by atoms with van der Waals surface area (Å²) in [6.45, 7) is 16.3. The highest BCUT2D eigenvalue weighted by Crippen LogP contribution is 2.23. The molecule has 0 saturated heterocycles. The van der Waals surface area contributed by atoms with Crippen LogP contribution < -0.4 is 21.4 Å². The summed E-state index contributed by atoms with van der Waals surface area (Å²) in [6, 6.07) is 21.1. The second kappa shape index (κ2) is 31.8. The fourth-order valence-corrected chi connectivity index (χ4v) is 6.65. The lowest BCUT2D eigenvalue weighted by molar-refractivity contribution is -0.131. The van der Waals surface area contributed by atoms with Gasteiger partial charge < -0.3 is 53.8 Å². The van der Waals surface area contributed by atoms with Crippen LogP contribution >= 0.6 is 0 Å². The molecule has 0 aliphatic heterocycles. The maximum Gasteiger partial charge on any atom is 0.407 e. The minimum atomic E-state index is -0.957. The average Bonchev–Trinajstić information content (AvgIpc) is 3.31. The van der Waals surface area contributed by atoms with E-state index < -0.39 is 47.0 Å². The number of pyridine rings is 1. The Morgan fingerprint density at radius 2 is 1.09 bits per heavy atom. The number of ether oxygens (including phenoxy) is 8. The van der Waals surface area contributed by atoms with Crippen molar-refractivity contribution in [1.29, 1.82) is 0 Å². The van der Waals surface area contributed by atoms with Gasteiger partial charge in [-0.25, -0.2) is 14.6 Å². The SMILES string of the molecule is COCCOCCOCCOCCOCCOCCOC(=O)N[C@@H](C(=O)N[C@@H](CCN(Cc1ccc(-c2ccccn2)cc1)NC(=O)[C@H](NC(=O)OC)C(C)(C)C)Cc1ccccc1)C(C)(C)C. The van der Waals surface area contributed by atoms with Gasteiger partial charge in [0, 0.05) is 38.0 Å². The number of methoxy groups -OCH3 is 2. The van der Waals surface area contributed by atoms with Crippen LogP contribution in [0.3, 0.4) is 0 Å². The first kappa shape index (κ1) is 57.1. The number of carbonyl (C=O) groups is 4. The molecule has 0 spiro atoms. The van der Waals surface area contributed by atoms with Crippen molar-refractivity contribution in [2.75, 3.05) is 100 Å². The third kappa shape index (κ3) is 23.7. The van der Waals surface area contributed by atoms with E-state index in [2.05, 4.69) is 26.4 Å². The molecular formula is C50H76N6O12. The quantitative estimate of drug-likeness (QED) is 0.0461. The molecule has 3 aromatic rings. The molecule has 0 radical (unpaired) electrons. The number of hydrogen-bond acceptors (Lipinski definition) is 14. The van der Waals surface area contributed by atoms with E-state index in [1.165, 1.54) is 7.11 Å². The van der Waals surface area contributed by atoms with E-state index in [9.17, 15) is 19.2 Å². The summed E-state index contributed by atoms with van der Waals surface area (Å²) in [5.74, 6) is -0.818. The van der Waals surface area contributed by atoms with Crippen LogP contribution in [0.25, 0.3) is 11.3 Å². The second-order valence-corrected chi connectivity index (χ2v) is 18.1. The standard InChI is InChI=1S/C50H76N6O12/c1-49(2,3)43(54-48(60)68-35-34-67-33-32-66-31-30-65-29-28-64-27-26-63-25-24-61-7)45(57)52-41(36-38-14-10-9-11-15-38)21-23-56(55-46(58)44(50(4,5)6)53-47(59)62-8)37-39-17-19-40(20-18-39)42-16-12-13-22-51-42/h9-20,22,41,43-44H,21,23-37H2,1-8H3,(H,52,57)(H,53,59)(H,54,60)(H,55,58)/t41-,43-,44-/m0/s1. The van der Waals surface area contributed by atoms with E-state index in [1.807, 2.05) is 114 Å². The minimum Gasteiger partial charge on any atom is -0.453 e. The van der Waals surface area contributed by atoms with Gasteiger partial charge >= 0.3 is 12.2 Å². The molecule has 0 bridgehead atoms. The lowest BCUT2D eigenvalue weighted by Crippen LogP contribution is -2.58. The van der Waals surface area contributed by atoms with Crippen molar-refractivity contribution in [2.45, 2.75) is 79.1 Å². The number of nitrogens with zero attached hydrogens (tertiary/aromatic N) is 2. The number of amides is 4. The molecule has 4 amide bonds. The molecule has 2 aromatic carbocycles. The zero-order valence-corrected chi connectivity index (χ0v) is 41.3. The number of benzene rings is 2. The van der Waals surface area contributed by atoms with Crippen molar-refractivity contribution in [3.63, 3.8) is 0 Å². The number of carbonyl (C=O) groups excluding carboxylic acids is 4. The summed E-state index contributed by atoms with van der Waals surface area (Å²) < 4.78 is 42.5. The first-order valence-corrected chi connectivity index (χ1v) is 23.2. The Hall–Kier alpha value is -5.21. The highest BCUT2D eigenvalue weighted by Gasteiger charge is 2.36. The lowest BCUT2D eigenvalue weighted by atomic mass is 9.86. The summed E-state index contributed by atoms with van der Waals surface area (Å²) >= 11 is 0. The normalized spacial score (nSPS) is 13.0. The van der Waals surface area contributed by atoms with Crippen LogP contribution in [0, 0.1) is 10.8 Å². The molecule has 0 unspecified atom stereocenters. The molecule has 18 heteroatoms. The monoisotopic (exact) mass is 953 g/mol. The molecule has 3 atom stereocenters. The molecule has 68 heavy (non-hydrogen) atoms. The Kier molecular flexibility index (Phi) is 26.7. The Balaban J connectivity index is 1.59. The van der Waals surface area contributed by atoms with Crippen LogP contribution in [0.2, 0.25) is 0 Å². The Morgan fingerprint density at radius 1 is 0.574 bits per heavy atom. The van der Waals surface area contributed by atoms with Crippen molar-refractivity contribution < 1.29 is 57.1 Å². The van der Waals surface area contributed by atoms with Gasteiger partial charge in [-0.3, -0.25) is 20.0 Å². The predicted molar refractivity (Wildman–Crippen MR) is 257 cm³/mol. The fraction of sp³-hybridized carbons (Fsp3) is 0.580. The molecule has 18 nitrogen and oxygen atoms in total. The third-order valence-corrected chi connectivity index (χ3v) is 10.3. The van der Waals surface area contributed by atoms with E-state index in [1.54, 1.807) is 18.3 Å². The Bertz CT molecular complexity index is 1860. The van der Waals surface area contributed by atoms with Crippen molar-refractivity contribution in [2.24, 2.45) is 10.8 Å². The first-order chi connectivity index (χ1) is 32.6. The first-order valence-electron chi connectivity index (χ1n) is 23.2. The number of alkyl carbamates (subject to hydrolysis) is 2. The zero-order valence-electron chi connectivity index (χ0n) is 41.3. The topological polar surface area (TPSA) is 206 Å². The van der Waals surface area contributed by atoms with Crippen LogP contribution in [0.5, 0.6) is 0 Å². The van der Waals surface area contributed by atoms with Crippen LogP contribution in [0.1, 0.15) is 59.1 Å². The van der Waals surface area contributed by atoms with Crippen LogP contribution in [-0.4, -0.2) is 152 Å². The molecule has 4 N–H and O–H groups in total. The third-order valence-electron chi connectivity index (χ3n) is 10.3.